The smallest absolute Gasteiger partial charge is 0.322 e. The van der Waals surface area contributed by atoms with E-state index in [2.05, 4.69) is 10.6 Å². The van der Waals surface area contributed by atoms with Crippen molar-refractivity contribution in [2.45, 2.75) is 19.5 Å². The second-order valence-electron chi connectivity index (χ2n) is 7.74. The van der Waals surface area contributed by atoms with Crippen LogP contribution in [0.1, 0.15) is 22.7 Å². The molecule has 0 fully saturated rings. The summed E-state index contributed by atoms with van der Waals surface area (Å²) in [6.07, 6.45) is 0. The van der Waals surface area contributed by atoms with Crippen LogP contribution in [-0.4, -0.2) is 47.8 Å². The lowest BCUT2D eigenvalue weighted by Gasteiger charge is -2.31. The largest absolute Gasteiger partial charge is 0.350 e. The van der Waals surface area contributed by atoms with Crippen LogP contribution in [0.25, 0.3) is 0 Å². The first kappa shape index (κ1) is 20.6. The summed E-state index contributed by atoms with van der Waals surface area (Å²) in [7, 11) is 1.60. The maximum absolute atomic E-state index is 13.8. The van der Waals surface area contributed by atoms with Crippen molar-refractivity contribution in [1.29, 1.82) is 0 Å². The molecule has 7 nitrogen and oxygen atoms in total. The fourth-order valence-electron chi connectivity index (χ4n) is 3.82. The molecule has 2 aliphatic rings. The molecule has 160 valence electrons. The first-order valence-electron chi connectivity index (χ1n) is 9.98. The quantitative estimate of drug-likeness (QED) is 0.776. The fraction of sp³-hybridized carbons (Fsp3) is 0.261. The molecule has 2 heterocycles. The Balaban J connectivity index is 1.49. The van der Waals surface area contributed by atoms with Gasteiger partial charge in [0.25, 0.3) is 5.91 Å². The number of likely N-dealkylation sites (N-methyl/N-ethyl adjacent to an activating group) is 1. The molecule has 2 aliphatic heterocycles. The summed E-state index contributed by atoms with van der Waals surface area (Å²) < 4.78 is 13.8. The maximum atomic E-state index is 13.8. The summed E-state index contributed by atoms with van der Waals surface area (Å²) in [5.41, 5.74) is 3.30. The van der Waals surface area contributed by atoms with Gasteiger partial charge in [-0.25, -0.2) is 9.18 Å². The standard InChI is InChI=1S/C23H23FN4O3/c1-14-7-9-15(10-8-14)21-20-18(27(2)23(31)26-21)12-28(22(20)30)13-19(29)25-11-16-5-3-4-6-17(16)24/h3-10,21H,11-13H2,1-2H3,(H,25,29)(H,26,31). The number of nitrogens with one attached hydrogen (secondary N) is 2. The predicted molar refractivity (Wildman–Crippen MR) is 112 cm³/mol. The van der Waals surface area contributed by atoms with Crippen molar-refractivity contribution in [3.63, 3.8) is 0 Å². The third-order valence-corrected chi connectivity index (χ3v) is 5.61. The molecule has 2 aromatic carbocycles. The predicted octanol–water partition coefficient (Wildman–Crippen LogP) is 2.24. The Hall–Kier alpha value is -3.68. The molecule has 0 spiro atoms. The van der Waals surface area contributed by atoms with Gasteiger partial charge in [-0.1, -0.05) is 48.0 Å². The van der Waals surface area contributed by atoms with Crippen LogP contribution in [0.2, 0.25) is 0 Å². The number of carbonyl (C=O) groups is 3. The van der Waals surface area contributed by atoms with Crippen molar-refractivity contribution < 1.29 is 18.8 Å². The Labute approximate surface area is 179 Å². The Bertz CT molecular complexity index is 1080. The SMILES string of the molecule is Cc1ccc(C2NC(=O)N(C)C3=C2C(=O)N(CC(=O)NCc2ccccc2F)C3)cc1. The van der Waals surface area contributed by atoms with E-state index in [1.54, 1.807) is 25.2 Å². The molecular weight excluding hydrogens is 399 g/mol. The number of rotatable bonds is 5. The minimum absolute atomic E-state index is 0.0343. The summed E-state index contributed by atoms with van der Waals surface area (Å²) in [5, 5.41) is 5.52. The summed E-state index contributed by atoms with van der Waals surface area (Å²) in [5.74, 6) is -1.09. The number of urea groups is 1. The van der Waals surface area contributed by atoms with Gasteiger partial charge in [0.15, 0.2) is 0 Å². The Morgan fingerprint density at radius 3 is 2.58 bits per heavy atom. The zero-order valence-corrected chi connectivity index (χ0v) is 17.3. The molecule has 2 N–H and O–H groups in total. The van der Waals surface area contributed by atoms with Crippen LogP contribution >= 0.6 is 0 Å². The van der Waals surface area contributed by atoms with Crippen molar-refractivity contribution in [3.05, 3.63) is 82.3 Å². The van der Waals surface area contributed by atoms with Crippen LogP contribution in [0.4, 0.5) is 9.18 Å². The molecule has 1 unspecified atom stereocenters. The molecule has 0 aliphatic carbocycles. The van der Waals surface area contributed by atoms with Crippen molar-refractivity contribution in [2.75, 3.05) is 20.1 Å². The number of halogens is 1. The lowest BCUT2D eigenvalue weighted by atomic mass is 9.95. The molecule has 0 aromatic heterocycles. The highest BCUT2D eigenvalue weighted by molar-refractivity contribution is 6.02. The Kier molecular flexibility index (Phi) is 5.46. The van der Waals surface area contributed by atoms with Crippen LogP contribution < -0.4 is 10.6 Å². The van der Waals surface area contributed by atoms with Crippen molar-refractivity contribution >= 4 is 17.8 Å². The third-order valence-electron chi connectivity index (χ3n) is 5.61. The normalized spacial score (nSPS) is 18.2. The van der Waals surface area contributed by atoms with Crippen molar-refractivity contribution in [3.8, 4) is 0 Å². The van der Waals surface area contributed by atoms with E-state index in [4.69, 9.17) is 0 Å². The second-order valence-corrected chi connectivity index (χ2v) is 7.74. The molecule has 0 saturated heterocycles. The van der Waals surface area contributed by atoms with Gasteiger partial charge in [0, 0.05) is 19.2 Å². The van der Waals surface area contributed by atoms with Crippen LogP contribution in [-0.2, 0) is 16.1 Å². The molecule has 0 radical (unpaired) electrons. The van der Waals surface area contributed by atoms with Gasteiger partial charge in [-0.15, -0.1) is 0 Å². The maximum Gasteiger partial charge on any atom is 0.322 e. The number of hydrogen-bond donors (Lipinski definition) is 2. The number of amides is 4. The Morgan fingerprint density at radius 1 is 1.16 bits per heavy atom. The van der Waals surface area contributed by atoms with Crippen molar-refractivity contribution in [2.24, 2.45) is 0 Å². The molecular formula is C23H23FN4O3. The topological polar surface area (TPSA) is 81.8 Å². The summed E-state index contributed by atoms with van der Waals surface area (Å²) in [4.78, 5) is 40.8. The summed E-state index contributed by atoms with van der Waals surface area (Å²) in [6.45, 7) is 1.98. The van der Waals surface area contributed by atoms with Crippen LogP contribution in [0.15, 0.2) is 59.8 Å². The molecule has 8 heteroatoms. The van der Waals surface area contributed by atoms with Crippen LogP contribution in [0, 0.1) is 12.7 Å². The zero-order chi connectivity index (χ0) is 22.1. The monoisotopic (exact) mass is 422 g/mol. The van der Waals surface area contributed by atoms with Gasteiger partial charge >= 0.3 is 6.03 Å². The number of nitrogens with zero attached hydrogens (tertiary/aromatic N) is 2. The highest BCUT2D eigenvalue weighted by atomic mass is 19.1. The van der Waals surface area contributed by atoms with Crippen molar-refractivity contribution in [1.82, 2.24) is 20.4 Å². The minimum atomic E-state index is -0.571. The van der Waals surface area contributed by atoms with Gasteiger partial charge in [-0.3, -0.25) is 14.5 Å². The van der Waals surface area contributed by atoms with E-state index in [1.165, 1.54) is 15.9 Å². The number of hydrogen-bond acceptors (Lipinski definition) is 3. The average molecular weight is 422 g/mol. The molecule has 0 saturated carbocycles. The first-order chi connectivity index (χ1) is 14.8. The van der Waals surface area contributed by atoms with E-state index in [1.807, 2.05) is 31.2 Å². The highest BCUT2D eigenvalue weighted by Gasteiger charge is 2.43. The van der Waals surface area contributed by atoms with E-state index in [0.29, 0.717) is 16.8 Å². The van der Waals surface area contributed by atoms with E-state index in [0.717, 1.165) is 11.1 Å². The first-order valence-corrected chi connectivity index (χ1v) is 9.98. The van der Waals surface area contributed by atoms with Gasteiger partial charge in [-0.05, 0) is 18.6 Å². The third kappa shape index (κ3) is 4.01. The molecule has 31 heavy (non-hydrogen) atoms. The molecule has 4 rings (SSSR count). The van der Waals surface area contributed by atoms with E-state index in [-0.39, 0.29) is 31.6 Å². The lowest BCUT2D eigenvalue weighted by Crippen LogP contribution is -2.45. The molecule has 4 amide bonds. The molecule has 0 bridgehead atoms. The van der Waals surface area contributed by atoms with Gasteiger partial charge in [0.1, 0.15) is 12.4 Å². The fourth-order valence-corrected chi connectivity index (χ4v) is 3.82. The summed E-state index contributed by atoms with van der Waals surface area (Å²) in [6, 6.07) is 12.9. The molecule has 1 atom stereocenters. The van der Waals surface area contributed by atoms with Gasteiger partial charge in [0.05, 0.1) is 23.9 Å². The van der Waals surface area contributed by atoms with Gasteiger partial charge in [0.2, 0.25) is 5.91 Å². The minimum Gasteiger partial charge on any atom is -0.350 e. The zero-order valence-electron chi connectivity index (χ0n) is 17.3. The van der Waals surface area contributed by atoms with E-state index in [9.17, 15) is 18.8 Å². The number of benzene rings is 2. The number of aryl methyl sites for hydroxylation is 1. The van der Waals surface area contributed by atoms with E-state index < -0.39 is 17.8 Å². The van der Waals surface area contributed by atoms with Crippen LogP contribution in [0.5, 0.6) is 0 Å². The van der Waals surface area contributed by atoms with Gasteiger partial charge in [-0.2, -0.15) is 0 Å². The second kappa shape index (κ2) is 8.22. The molecule has 2 aromatic rings. The Morgan fingerprint density at radius 2 is 1.87 bits per heavy atom. The van der Waals surface area contributed by atoms with Crippen LogP contribution in [0.3, 0.4) is 0 Å². The van der Waals surface area contributed by atoms with Gasteiger partial charge < -0.3 is 15.5 Å². The lowest BCUT2D eigenvalue weighted by molar-refractivity contribution is -0.132. The average Bonchev–Trinajstić information content (AvgIpc) is 3.07. The van der Waals surface area contributed by atoms with E-state index >= 15 is 0 Å². The number of carbonyl (C=O) groups excluding carboxylic acids is 3. The highest BCUT2D eigenvalue weighted by Crippen LogP contribution is 2.35. The summed E-state index contributed by atoms with van der Waals surface area (Å²) >= 11 is 0.